The molecule has 0 atom stereocenters. The molecule has 0 amide bonds. The molecule has 1 aromatic rings. The molecule has 2 rings (SSSR count). The summed E-state index contributed by atoms with van der Waals surface area (Å²) < 4.78 is 16.0. The first-order valence-corrected chi connectivity index (χ1v) is 8.87. The van der Waals surface area contributed by atoms with E-state index >= 15 is 0 Å². The lowest BCUT2D eigenvalue weighted by atomic mass is 9.86. The van der Waals surface area contributed by atoms with Crippen LogP contribution in [-0.2, 0) is 16.1 Å². The third-order valence-electron chi connectivity index (χ3n) is 4.47. The summed E-state index contributed by atoms with van der Waals surface area (Å²) in [5.74, 6) is 1.58. The Morgan fingerprint density at radius 1 is 1.12 bits per heavy atom. The number of benzene rings is 1. The van der Waals surface area contributed by atoms with Crippen LogP contribution in [0.5, 0.6) is 11.5 Å². The molecule has 0 heterocycles. The van der Waals surface area contributed by atoms with Gasteiger partial charge in [0.1, 0.15) is 0 Å². The third kappa shape index (κ3) is 5.13. The minimum absolute atomic E-state index is 0.0350. The summed E-state index contributed by atoms with van der Waals surface area (Å²) in [5, 5.41) is 3.58. The summed E-state index contributed by atoms with van der Waals surface area (Å²) in [4.78, 5) is 11.8. The van der Waals surface area contributed by atoms with Crippen molar-refractivity contribution >= 4 is 5.97 Å². The van der Waals surface area contributed by atoms with Crippen molar-refractivity contribution in [2.75, 3.05) is 20.3 Å². The minimum atomic E-state index is -0.0350. The lowest BCUT2D eigenvalue weighted by molar-refractivity contribution is -0.149. The molecule has 134 valence electrons. The van der Waals surface area contributed by atoms with Crippen LogP contribution in [0.25, 0.3) is 0 Å². The zero-order valence-corrected chi connectivity index (χ0v) is 15.0. The molecule has 1 aromatic carbocycles. The number of carbonyl (C=O) groups excluding carboxylic acids is 1. The van der Waals surface area contributed by atoms with Crippen molar-refractivity contribution in [1.29, 1.82) is 0 Å². The lowest BCUT2D eigenvalue weighted by Crippen LogP contribution is -2.35. The van der Waals surface area contributed by atoms with Gasteiger partial charge in [0.15, 0.2) is 11.5 Å². The van der Waals surface area contributed by atoms with Crippen molar-refractivity contribution in [3.8, 4) is 11.5 Å². The number of methoxy groups -OCH3 is 1. The lowest BCUT2D eigenvalue weighted by Gasteiger charge is -2.28. The maximum atomic E-state index is 11.8. The highest BCUT2D eigenvalue weighted by atomic mass is 16.5. The molecule has 1 aliphatic carbocycles. The molecule has 1 saturated carbocycles. The van der Waals surface area contributed by atoms with Gasteiger partial charge in [-0.05, 0) is 57.2 Å². The van der Waals surface area contributed by atoms with Gasteiger partial charge in [-0.2, -0.15) is 0 Å². The predicted octanol–water partition coefficient (Wildman–Crippen LogP) is 3.31. The second kappa shape index (κ2) is 9.52. The molecule has 0 bridgehead atoms. The quantitative estimate of drug-likeness (QED) is 0.739. The van der Waals surface area contributed by atoms with Gasteiger partial charge in [-0.1, -0.05) is 6.07 Å². The molecule has 5 heteroatoms. The van der Waals surface area contributed by atoms with Crippen molar-refractivity contribution in [3.63, 3.8) is 0 Å². The Bertz CT molecular complexity index is 524. The van der Waals surface area contributed by atoms with Crippen molar-refractivity contribution in [3.05, 3.63) is 23.8 Å². The van der Waals surface area contributed by atoms with E-state index in [4.69, 9.17) is 14.2 Å². The van der Waals surface area contributed by atoms with Crippen molar-refractivity contribution < 1.29 is 19.0 Å². The average Bonchev–Trinajstić information content (AvgIpc) is 2.61. The van der Waals surface area contributed by atoms with Crippen LogP contribution in [0.15, 0.2) is 18.2 Å². The number of esters is 1. The summed E-state index contributed by atoms with van der Waals surface area (Å²) in [5.41, 5.74) is 1.17. The fraction of sp³-hybridized carbons (Fsp3) is 0.632. The highest BCUT2D eigenvalue weighted by Crippen LogP contribution is 2.29. The molecule has 0 spiro atoms. The minimum Gasteiger partial charge on any atom is -0.493 e. The van der Waals surface area contributed by atoms with Crippen LogP contribution in [0.4, 0.5) is 0 Å². The maximum absolute atomic E-state index is 11.8. The van der Waals surface area contributed by atoms with Crippen LogP contribution in [0.3, 0.4) is 0 Å². The summed E-state index contributed by atoms with van der Waals surface area (Å²) in [6, 6.07) is 6.48. The molecule has 0 unspecified atom stereocenters. The van der Waals surface area contributed by atoms with Crippen LogP contribution in [0.2, 0.25) is 0 Å². The Hall–Kier alpha value is -1.75. The molecule has 0 aromatic heterocycles. The van der Waals surface area contributed by atoms with E-state index < -0.39 is 0 Å². The first kappa shape index (κ1) is 18.6. The largest absolute Gasteiger partial charge is 0.493 e. The Kier molecular flexibility index (Phi) is 7.37. The summed E-state index contributed by atoms with van der Waals surface area (Å²) in [7, 11) is 1.66. The average molecular weight is 335 g/mol. The Balaban J connectivity index is 1.81. The first-order chi connectivity index (χ1) is 11.7. The van der Waals surface area contributed by atoms with Crippen molar-refractivity contribution in [1.82, 2.24) is 5.32 Å². The number of rotatable bonds is 8. The van der Waals surface area contributed by atoms with Gasteiger partial charge in [-0.3, -0.25) is 4.79 Å². The number of nitrogens with one attached hydrogen (secondary N) is 1. The fourth-order valence-electron chi connectivity index (χ4n) is 3.15. The Morgan fingerprint density at radius 3 is 2.50 bits per heavy atom. The zero-order chi connectivity index (χ0) is 17.4. The van der Waals surface area contributed by atoms with E-state index in [1.54, 1.807) is 7.11 Å². The van der Waals surface area contributed by atoms with E-state index in [1.807, 2.05) is 26.0 Å². The molecule has 5 nitrogen and oxygen atoms in total. The first-order valence-electron chi connectivity index (χ1n) is 8.87. The fourth-order valence-corrected chi connectivity index (χ4v) is 3.15. The SMILES string of the molecule is CCOC(=O)C1CCC(NCc2ccc(OCC)c(OC)c2)CC1. The summed E-state index contributed by atoms with van der Waals surface area (Å²) in [6.07, 6.45) is 3.83. The van der Waals surface area contributed by atoms with Crippen LogP contribution < -0.4 is 14.8 Å². The van der Waals surface area contributed by atoms with E-state index in [0.29, 0.717) is 19.3 Å². The standard InChI is InChI=1S/C19H29NO4/c1-4-23-17-11-6-14(12-18(17)22-3)13-20-16-9-7-15(8-10-16)19(21)24-5-2/h6,11-12,15-16,20H,4-5,7-10,13H2,1-3H3. The number of carbonyl (C=O) groups is 1. The van der Waals surface area contributed by atoms with Crippen LogP contribution in [-0.4, -0.2) is 32.3 Å². The van der Waals surface area contributed by atoms with Gasteiger partial charge >= 0.3 is 5.97 Å². The topological polar surface area (TPSA) is 56.8 Å². The maximum Gasteiger partial charge on any atom is 0.308 e. The van der Waals surface area contributed by atoms with Gasteiger partial charge < -0.3 is 19.5 Å². The molecular formula is C19H29NO4. The number of hydrogen-bond acceptors (Lipinski definition) is 5. The second-order valence-corrected chi connectivity index (χ2v) is 6.10. The molecule has 24 heavy (non-hydrogen) atoms. The molecule has 0 saturated heterocycles. The van der Waals surface area contributed by atoms with E-state index in [9.17, 15) is 4.79 Å². The second-order valence-electron chi connectivity index (χ2n) is 6.10. The molecule has 0 radical (unpaired) electrons. The van der Waals surface area contributed by atoms with E-state index in [1.165, 1.54) is 5.56 Å². The van der Waals surface area contributed by atoms with E-state index in [0.717, 1.165) is 43.7 Å². The molecule has 1 aliphatic rings. The van der Waals surface area contributed by atoms with Gasteiger partial charge in [-0.25, -0.2) is 0 Å². The summed E-state index contributed by atoms with van der Waals surface area (Å²) >= 11 is 0. The highest BCUT2D eigenvalue weighted by molar-refractivity contribution is 5.72. The van der Waals surface area contributed by atoms with Crippen LogP contribution >= 0.6 is 0 Å². The Morgan fingerprint density at radius 2 is 1.88 bits per heavy atom. The summed E-state index contributed by atoms with van der Waals surface area (Å²) in [6.45, 7) is 5.70. The van der Waals surface area contributed by atoms with E-state index in [-0.39, 0.29) is 11.9 Å². The van der Waals surface area contributed by atoms with E-state index in [2.05, 4.69) is 11.4 Å². The molecule has 0 aliphatic heterocycles. The van der Waals surface area contributed by atoms with Crippen molar-refractivity contribution in [2.24, 2.45) is 5.92 Å². The van der Waals surface area contributed by atoms with Gasteiger partial charge in [0.25, 0.3) is 0 Å². The van der Waals surface area contributed by atoms with Gasteiger partial charge in [0.2, 0.25) is 0 Å². The highest BCUT2D eigenvalue weighted by Gasteiger charge is 2.26. The van der Waals surface area contributed by atoms with Crippen molar-refractivity contribution in [2.45, 2.75) is 52.1 Å². The van der Waals surface area contributed by atoms with Gasteiger partial charge in [0, 0.05) is 12.6 Å². The third-order valence-corrected chi connectivity index (χ3v) is 4.47. The van der Waals surface area contributed by atoms with Crippen LogP contribution in [0, 0.1) is 5.92 Å². The van der Waals surface area contributed by atoms with Gasteiger partial charge in [0.05, 0.1) is 26.2 Å². The normalized spacial score (nSPS) is 20.5. The molecule has 1 fully saturated rings. The number of hydrogen-bond donors (Lipinski definition) is 1. The predicted molar refractivity (Wildman–Crippen MR) is 93.4 cm³/mol. The molecule has 1 N–H and O–H groups in total. The van der Waals surface area contributed by atoms with Gasteiger partial charge in [-0.15, -0.1) is 0 Å². The molecular weight excluding hydrogens is 306 g/mol. The monoisotopic (exact) mass is 335 g/mol. The smallest absolute Gasteiger partial charge is 0.308 e. The van der Waals surface area contributed by atoms with Crippen LogP contribution in [0.1, 0.15) is 45.1 Å². The number of ether oxygens (including phenoxy) is 3. The Labute approximate surface area is 144 Å². The zero-order valence-electron chi connectivity index (χ0n) is 15.0.